The number of hydrogen-bond donors (Lipinski definition) is 0. The molecule has 1 aliphatic heterocycles. The molecule has 1 amide bonds. The Morgan fingerprint density at radius 1 is 1.26 bits per heavy atom. The molecule has 0 spiro atoms. The molecular formula is C18H24N2O3. The molecule has 3 rings (SSSR count). The largest absolute Gasteiger partial charge is 0.489 e. The van der Waals surface area contributed by atoms with Crippen LogP contribution in [0.2, 0.25) is 0 Å². The second-order valence-electron chi connectivity index (χ2n) is 6.48. The van der Waals surface area contributed by atoms with Crippen LogP contribution in [0, 0.1) is 5.92 Å². The molecule has 1 aromatic rings. The van der Waals surface area contributed by atoms with Crippen molar-refractivity contribution in [1.82, 2.24) is 9.88 Å². The van der Waals surface area contributed by atoms with Gasteiger partial charge >= 0.3 is 0 Å². The summed E-state index contributed by atoms with van der Waals surface area (Å²) in [5, 5.41) is 0. The van der Waals surface area contributed by atoms with Crippen LogP contribution >= 0.6 is 0 Å². The summed E-state index contributed by atoms with van der Waals surface area (Å²) < 4.78 is 5.79. The molecule has 5 heteroatoms. The third-order valence-electron chi connectivity index (χ3n) is 4.96. The van der Waals surface area contributed by atoms with Crippen molar-refractivity contribution in [2.24, 2.45) is 5.92 Å². The first-order valence-corrected chi connectivity index (χ1v) is 8.63. The van der Waals surface area contributed by atoms with E-state index in [-0.39, 0.29) is 12.0 Å². The van der Waals surface area contributed by atoms with E-state index in [4.69, 9.17) is 4.74 Å². The quantitative estimate of drug-likeness (QED) is 0.784. The molecule has 0 aromatic carbocycles. The van der Waals surface area contributed by atoms with E-state index in [1.54, 1.807) is 18.3 Å². The summed E-state index contributed by atoms with van der Waals surface area (Å²) in [5.74, 6) is 1.00. The minimum absolute atomic E-state index is 0.115. The smallest absolute Gasteiger partial charge is 0.226 e. The van der Waals surface area contributed by atoms with E-state index in [2.05, 4.69) is 4.98 Å². The van der Waals surface area contributed by atoms with Crippen molar-refractivity contribution in [3.05, 3.63) is 24.0 Å². The first-order valence-electron chi connectivity index (χ1n) is 8.63. The highest BCUT2D eigenvalue weighted by Crippen LogP contribution is 2.29. The number of likely N-dealkylation sites (tertiary alicyclic amines) is 1. The standard InChI is InChI=1S/C18H24N2O3/c21-12-16-17(9-4-10-19-16)23-13-15-8-5-11-20(15)18(22)14-6-2-1-3-7-14/h4,9-10,12,14-15H,1-3,5-8,11,13H2/t15-/m1/s1. The monoisotopic (exact) mass is 316 g/mol. The van der Waals surface area contributed by atoms with E-state index in [1.807, 2.05) is 4.90 Å². The van der Waals surface area contributed by atoms with Crippen molar-refractivity contribution >= 4 is 12.2 Å². The van der Waals surface area contributed by atoms with Crippen molar-refractivity contribution in [2.75, 3.05) is 13.2 Å². The summed E-state index contributed by atoms with van der Waals surface area (Å²) in [4.78, 5) is 29.7. The normalized spacial score (nSPS) is 22.1. The number of aldehydes is 1. The molecule has 1 saturated heterocycles. The first kappa shape index (κ1) is 16.0. The SMILES string of the molecule is O=Cc1ncccc1OC[C@H]1CCCN1C(=O)C1CCCCC1. The maximum absolute atomic E-state index is 12.7. The number of rotatable bonds is 5. The van der Waals surface area contributed by atoms with Gasteiger partial charge in [0.15, 0.2) is 6.29 Å². The van der Waals surface area contributed by atoms with Crippen molar-refractivity contribution < 1.29 is 14.3 Å². The van der Waals surface area contributed by atoms with E-state index < -0.39 is 0 Å². The highest BCUT2D eigenvalue weighted by atomic mass is 16.5. The van der Waals surface area contributed by atoms with Crippen LogP contribution in [0.5, 0.6) is 5.75 Å². The van der Waals surface area contributed by atoms with Gasteiger partial charge in [-0.05, 0) is 37.8 Å². The van der Waals surface area contributed by atoms with Crippen LogP contribution in [0.4, 0.5) is 0 Å². The van der Waals surface area contributed by atoms with Gasteiger partial charge in [0, 0.05) is 18.7 Å². The fourth-order valence-electron chi connectivity index (χ4n) is 3.68. The number of nitrogens with zero attached hydrogens (tertiary/aromatic N) is 2. The van der Waals surface area contributed by atoms with Crippen molar-refractivity contribution in [2.45, 2.75) is 51.0 Å². The van der Waals surface area contributed by atoms with Gasteiger partial charge in [0.25, 0.3) is 0 Å². The van der Waals surface area contributed by atoms with Crippen molar-refractivity contribution in [1.29, 1.82) is 0 Å². The Morgan fingerprint density at radius 2 is 2.09 bits per heavy atom. The Kier molecular flexibility index (Phi) is 5.26. The summed E-state index contributed by atoms with van der Waals surface area (Å²) >= 11 is 0. The minimum Gasteiger partial charge on any atom is -0.489 e. The third kappa shape index (κ3) is 3.71. The van der Waals surface area contributed by atoms with E-state index in [0.717, 1.165) is 32.2 Å². The van der Waals surface area contributed by atoms with Crippen molar-refractivity contribution in [3.63, 3.8) is 0 Å². The number of pyridine rings is 1. The Bertz CT molecular complexity index is 555. The van der Waals surface area contributed by atoms with Gasteiger partial charge in [-0.25, -0.2) is 4.98 Å². The first-order chi connectivity index (χ1) is 11.3. The lowest BCUT2D eigenvalue weighted by atomic mass is 9.88. The molecule has 2 fully saturated rings. The summed E-state index contributed by atoms with van der Waals surface area (Å²) in [5.41, 5.74) is 0.315. The van der Waals surface area contributed by atoms with E-state index in [1.165, 1.54) is 19.3 Å². The zero-order valence-corrected chi connectivity index (χ0v) is 13.4. The van der Waals surface area contributed by atoms with E-state index in [9.17, 15) is 9.59 Å². The van der Waals surface area contributed by atoms with E-state index in [0.29, 0.717) is 30.2 Å². The number of ether oxygens (including phenoxy) is 1. The molecule has 0 radical (unpaired) electrons. The predicted octanol–water partition coefficient (Wildman–Crippen LogP) is 2.84. The molecule has 0 N–H and O–H groups in total. The second kappa shape index (κ2) is 7.57. The summed E-state index contributed by atoms with van der Waals surface area (Å²) in [7, 11) is 0. The molecule has 1 atom stereocenters. The Balaban J connectivity index is 1.60. The number of carbonyl (C=O) groups is 2. The molecule has 1 aliphatic carbocycles. The summed E-state index contributed by atoms with van der Waals surface area (Å²) in [6, 6.07) is 3.62. The third-order valence-corrected chi connectivity index (χ3v) is 4.96. The molecule has 0 unspecified atom stereocenters. The van der Waals surface area contributed by atoms with Crippen LogP contribution in [-0.2, 0) is 4.79 Å². The van der Waals surface area contributed by atoms with Gasteiger partial charge in [-0.3, -0.25) is 9.59 Å². The molecular weight excluding hydrogens is 292 g/mol. The number of hydrogen-bond acceptors (Lipinski definition) is 4. The number of carbonyl (C=O) groups excluding carboxylic acids is 2. The fourth-order valence-corrected chi connectivity index (χ4v) is 3.68. The number of aromatic nitrogens is 1. The van der Waals surface area contributed by atoms with Crippen LogP contribution < -0.4 is 4.74 Å². The highest BCUT2D eigenvalue weighted by molar-refractivity contribution is 5.79. The fraction of sp³-hybridized carbons (Fsp3) is 0.611. The molecule has 124 valence electrons. The minimum atomic E-state index is 0.115. The van der Waals surface area contributed by atoms with Gasteiger partial charge < -0.3 is 9.64 Å². The molecule has 1 aromatic heterocycles. The molecule has 0 bridgehead atoms. The molecule has 1 saturated carbocycles. The second-order valence-corrected chi connectivity index (χ2v) is 6.48. The molecule has 2 aliphatic rings. The average Bonchev–Trinajstić information content (AvgIpc) is 3.08. The number of amides is 1. The summed E-state index contributed by atoms with van der Waals surface area (Å²) in [6.07, 6.45) is 9.93. The maximum Gasteiger partial charge on any atom is 0.226 e. The van der Waals surface area contributed by atoms with Crippen LogP contribution in [0.3, 0.4) is 0 Å². The van der Waals surface area contributed by atoms with Gasteiger partial charge in [0.05, 0.1) is 6.04 Å². The molecule has 23 heavy (non-hydrogen) atoms. The zero-order valence-electron chi connectivity index (χ0n) is 13.4. The van der Waals surface area contributed by atoms with Crippen LogP contribution in [0.1, 0.15) is 55.4 Å². The lowest BCUT2D eigenvalue weighted by Crippen LogP contribution is -2.42. The predicted molar refractivity (Wildman–Crippen MR) is 86.4 cm³/mol. The van der Waals surface area contributed by atoms with Gasteiger partial charge in [-0.2, -0.15) is 0 Å². The lowest BCUT2D eigenvalue weighted by Gasteiger charge is -2.30. The lowest BCUT2D eigenvalue weighted by molar-refractivity contribution is -0.137. The van der Waals surface area contributed by atoms with Crippen LogP contribution in [-0.4, -0.2) is 41.3 Å². The van der Waals surface area contributed by atoms with Gasteiger partial charge in [0.2, 0.25) is 5.91 Å². The van der Waals surface area contributed by atoms with Crippen LogP contribution in [0.15, 0.2) is 18.3 Å². The zero-order chi connectivity index (χ0) is 16.1. The van der Waals surface area contributed by atoms with Gasteiger partial charge in [-0.1, -0.05) is 19.3 Å². The van der Waals surface area contributed by atoms with Gasteiger partial charge in [-0.15, -0.1) is 0 Å². The molecule has 5 nitrogen and oxygen atoms in total. The Labute approximate surface area is 137 Å². The summed E-state index contributed by atoms with van der Waals surface area (Å²) in [6.45, 7) is 1.27. The van der Waals surface area contributed by atoms with Gasteiger partial charge in [0.1, 0.15) is 18.1 Å². The Morgan fingerprint density at radius 3 is 2.87 bits per heavy atom. The van der Waals surface area contributed by atoms with Crippen molar-refractivity contribution in [3.8, 4) is 5.75 Å². The topological polar surface area (TPSA) is 59.5 Å². The molecule has 2 heterocycles. The Hall–Kier alpha value is -1.91. The maximum atomic E-state index is 12.7. The van der Waals surface area contributed by atoms with E-state index >= 15 is 0 Å². The average molecular weight is 316 g/mol. The highest BCUT2D eigenvalue weighted by Gasteiger charge is 2.34. The van der Waals surface area contributed by atoms with Crippen LogP contribution in [0.25, 0.3) is 0 Å².